The number of rotatable bonds is 3. The number of nitrogens with zero attached hydrogens (tertiary/aromatic N) is 3. The molecule has 7 heteroatoms. The minimum absolute atomic E-state index is 0.0971. The van der Waals surface area contributed by atoms with Gasteiger partial charge in [0.05, 0.1) is 17.3 Å². The Labute approximate surface area is 163 Å². The van der Waals surface area contributed by atoms with Gasteiger partial charge in [-0.05, 0) is 57.6 Å². The summed E-state index contributed by atoms with van der Waals surface area (Å²) in [6.07, 6.45) is -0.295. The van der Waals surface area contributed by atoms with Crippen molar-refractivity contribution in [3.05, 3.63) is 29.2 Å². The van der Waals surface area contributed by atoms with Gasteiger partial charge in [-0.15, -0.1) is 0 Å². The van der Waals surface area contributed by atoms with E-state index in [0.29, 0.717) is 24.7 Å². The molecule has 2 fully saturated rings. The van der Waals surface area contributed by atoms with Crippen molar-refractivity contribution in [2.45, 2.75) is 70.4 Å². The van der Waals surface area contributed by atoms with E-state index >= 15 is 0 Å². The summed E-state index contributed by atoms with van der Waals surface area (Å²) in [5.41, 5.74) is 3.87. The van der Waals surface area contributed by atoms with Gasteiger partial charge in [0.15, 0.2) is 5.65 Å². The van der Waals surface area contributed by atoms with Crippen molar-refractivity contribution in [3.63, 3.8) is 0 Å². The molecule has 1 aliphatic carbocycles. The number of piperidine rings is 1. The molecule has 0 aromatic carbocycles. The first-order valence-corrected chi connectivity index (χ1v) is 10.5. The summed E-state index contributed by atoms with van der Waals surface area (Å²) < 4.78 is 40.9. The molecule has 1 saturated carbocycles. The molecule has 2 aromatic heterocycles. The zero-order chi connectivity index (χ0) is 19.9. The van der Waals surface area contributed by atoms with Crippen molar-refractivity contribution in [2.24, 2.45) is 11.8 Å². The molecule has 2 aliphatic rings. The Balaban J connectivity index is 1.63. The number of nitrogens with one attached hydrogen (secondary N) is 1. The maximum atomic E-state index is 13.0. The second-order valence-corrected chi connectivity index (χ2v) is 8.52. The van der Waals surface area contributed by atoms with Gasteiger partial charge in [-0.25, -0.2) is 9.50 Å². The van der Waals surface area contributed by atoms with Crippen LogP contribution in [0, 0.1) is 18.8 Å². The fraction of sp³-hybridized carbons (Fsp3) is 0.714. The molecule has 0 radical (unpaired) electrons. The van der Waals surface area contributed by atoms with Gasteiger partial charge in [0.2, 0.25) is 0 Å². The second kappa shape index (κ2) is 7.65. The molecular weight excluding hydrogens is 365 g/mol. The van der Waals surface area contributed by atoms with Gasteiger partial charge >= 0.3 is 6.18 Å². The summed E-state index contributed by atoms with van der Waals surface area (Å²) in [5, 5.41) is 8.36. The number of hydrogen-bond acceptors (Lipinski definition) is 3. The van der Waals surface area contributed by atoms with Crippen LogP contribution >= 0.6 is 0 Å². The zero-order valence-corrected chi connectivity index (χ0v) is 16.6. The SMILES string of the molecule is CCC1CCNCC1c1cc(C)nc2cc([C@H]3CC[C@H](C(F)(F)F)CC3)nn12. The quantitative estimate of drug-likeness (QED) is 0.799. The summed E-state index contributed by atoms with van der Waals surface area (Å²) >= 11 is 0. The number of aryl methyl sites for hydroxylation is 1. The van der Waals surface area contributed by atoms with E-state index in [9.17, 15) is 13.2 Å². The molecule has 154 valence electrons. The molecule has 1 saturated heterocycles. The third-order valence-electron chi connectivity index (χ3n) is 6.74. The monoisotopic (exact) mass is 394 g/mol. The van der Waals surface area contributed by atoms with Gasteiger partial charge < -0.3 is 5.32 Å². The Morgan fingerprint density at radius 1 is 1.14 bits per heavy atom. The largest absolute Gasteiger partial charge is 0.391 e. The van der Waals surface area contributed by atoms with Gasteiger partial charge in [0.1, 0.15) is 0 Å². The molecule has 0 bridgehead atoms. The Hall–Kier alpha value is -1.63. The Bertz CT molecular complexity index is 821. The Morgan fingerprint density at radius 2 is 1.89 bits per heavy atom. The number of halogens is 3. The number of fused-ring (bicyclic) bond motifs is 1. The standard InChI is InChI=1S/C21H29F3N4/c1-3-14-8-9-25-12-17(14)19-10-13(2)26-20-11-18(27-28(19)20)15-4-6-16(7-5-15)21(22,23)24/h10-11,14-17,25H,3-9,12H2,1-2H3/t14?,15-,16-,17?. The topological polar surface area (TPSA) is 42.2 Å². The fourth-order valence-corrected chi connectivity index (χ4v) is 5.07. The van der Waals surface area contributed by atoms with Crippen molar-refractivity contribution in [2.75, 3.05) is 13.1 Å². The summed E-state index contributed by atoms with van der Waals surface area (Å²) in [6, 6.07) is 4.12. The number of alkyl halides is 3. The van der Waals surface area contributed by atoms with Gasteiger partial charge in [-0.2, -0.15) is 18.3 Å². The minimum Gasteiger partial charge on any atom is -0.316 e. The van der Waals surface area contributed by atoms with Crippen LogP contribution in [-0.2, 0) is 0 Å². The van der Waals surface area contributed by atoms with Crippen LogP contribution in [0.4, 0.5) is 13.2 Å². The normalized spacial score (nSPS) is 29.3. The molecule has 28 heavy (non-hydrogen) atoms. The summed E-state index contributed by atoms with van der Waals surface area (Å²) in [6.45, 7) is 6.22. The first-order chi connectivity index (χ1) is 13.4. The lowest BCUT2D eigenvalue weighted by Gasteiger charge is -2.32. The van der Waals surface area contributed by atoms with Crippen molar-refractivity contribution < 1.29 is 13.2 Å². The maximum absolute atomic E-state index is 13.0. The van der Waals surface area contributed by atoms with Crippen molar-refractivity contribution in [1.82, 2.24) is 19.9 Å². The van der Waals surface area contributed by atoms with E-state index in [1.165, 1.54) is 5.69 Å². The molecule has 3 heterocycles. The highest BCUT2D eigenvalue weighted by Gasteiger charge is 2.42. The average Bonchev–Trinajstić information content (AvgIpc) is 3.10. The van der Waals surface area contributed by atoms with E-state index in [2.05, 4.69) is 23.3 Å². The van der Waals surface area contributed by atoms with Crippen LogP contribution in [0.1, 0.15) is 74.4 Å². The molecule has 0 spiro atoms. The summed E-state index contributed by atoms with van der Waals surface area (Å²) in [4.78, 5) is 4.65. The van der Waals surface area contributed by atoms with Crippen LogP contribution in [0.25, 0.3) is 5.65 Å². The van der Waals surface area contributed by atoms with E-state index in [-0.39, 0.29) is 18.8 Å². The molecule has 1 aliphatic heterocycles. The molecule has 2 aromatic rings. The van der Waals surface area contributed by atoms with Gasteiger partial charge in [0, 0.05) is 30.1 Å². The van der Waals surface area contributed by atoms with Gasteiger partial charge in [-0.3, -0.25) is 0 Å². The van der Waals surface area contributed by atoms with Crippen LogP contribution in [0.5, 0.6) is 0 Å². The van der Waals surface area contributed by atoms with E-state index in [1.54, 1.807) is 0 Å². The molecular formula is C21H29F3N4. The zero-order valence-electron chi connectivity index (χ0n) is 16.6. The summed E-state index contributed by atoms with van der Waals surface area (Å²) in [7, 11) is 0. The highest BCUT2D eigenvalue weighted by molar-refractivity contribution is 5.43. The third-order valence-corrected chi connectivity index (χ3v) is 6.74. The molecule has 4 rings (SSSR count). The maximum Gasteiger partial charge on any atom is 0.391 e. The highest BCUT2D eigenvalue weighted by atomic mass is 19.4. The Kier molecular flexibility index (Phi) is 5.38. The highest BCUT2D eigenvalue weighted by Crippen LogP contribution is 2.43. The van der Waals surface area contributed by atoms with Crippen LogP contribution in [0.15, 0.2) is 12.1 Å². The lowest BCUT2D eigenvalue weighted by Crippen LogP contribution is -2.36. The molecule has 1 N–H and O–H groups in total. The van der Waals surface area contributed by atoms with E-state index < -0.39 is 12.1 Å². The van der Waals surface area contributed by atoms with Crippen LogP contribution in [0.3, 0.4) is 0 Å². The molecule has 2 unspecified atom stereocenters. The van der Waals surface area contributed by atoms with Crippen LogP contribution in [0.2, 0.25) is 0 Å². The molecule has 2 atom stereocenters. The van der Waals surface area contributed by atoms with E-state index in [0.717, 1.165) is 43.0 Å². The van der Waals surface area contributed by atoms with Crippen molar-refractivity contribution in [3.8, 4) is 0 Å². The van der Waals surface area contributed by atoms with Crippen LogP contribution < -0.4 is 5.32 Å². The van der Waals surface area contributed by atoms with Crippen molar-refractivity contribution >= 4 is 5.65 Å². The predicted molar refractivity (Wildman–Crippen MR) is 102 cm³/mol. The van der Waals surface area contributed by atoms with Crippen molar-refractivity contribution in [1.29, 1.82) is 0 Å². The van der Waals surface area contributed by atoms with E-state index in [1.807, 2.05) is 17.5 Å². The molecule has 0 amide bonds. The lowest BCUT2D eigenvalue weighted by molar-refractivity contribution is -0.182. The lowest BCUT2D eigenvalue weighted by atomic mass is 9.80. The first kappa shape index (κ1) is 19.7. The van der Waals surface area contributed by atoms with Gasteiger partial charge in [0.25, 0.3) is 0 Å². The second-order valence-electron chi connectivity index (χ2n) is 8.52. The predicted octanol–water partition coefficient (Wildman–Crippen LogP) is 4.98. The third kappa shape index (κ3) is 3.78. The van der Waals surface area contributed by atoms with E-state index in [4.69, 9.17) is 5.10 Å². The smallest absolute Gasteiger partial charge is 0.316 e. The number of aromatic nitrogens is 3. The summed E-state index contributed by atoms with van der Waals surface area (Å²) in [5.74, 6) is -0.0620. The number of hydrogen-bond donors (Lipinski definition) is 1. The average molecular weight is 394 g/mol. The molecule has 4 nitrogen and oxygen atoms in total. The minimum atomic E-state index is -4.07. The van der Waals surface area contributed by atoms with Gasteiger partial charge in [-0.1, -0.05) is 13.3 Å². The fourth-order valence-electron chi connectivity index (χ4n) is 5.07. The van der Waals surface area contributed by atoms with Crippen LogP contribution in [-0.4, -0.2) is 33.9 Å². The Morgan fingerprint density at radius 3 is 2.57 bits per heavy atom. The first-order valence-electron chi connectivity index (χ1n) is 10.5.